The molecule has 0 aliphatic carbocycles. The molecule has 0 radical (unpaired) electrons. The third-order valence-corrected chi connectivity index (χ3v) is 3.62. The lowest BCUT2D eigenvalue weighted by atomic mass is 10.0. The summed E-state index contributed by atoms with van der Waals surface area (Å²) in [6.45, 7) is 4.48. The van der Waals surface area contributed by atoms with Crippen LogP contribution in [0.3, 0.4) is 0 Å². The highest BCUT2D eigenvalue weighted by molar-refractivity contribution is 5.95. The summed E-state index contributed by atoms with van der Waals surface area (Å²) in [4.78, 5) is 14.5. The topological polar surface area (TPSA) is 45.5 Å². The minimum absolute atomic E-state index is 0.101. The highest BCUT2D eigenvalue weighted by Crippen LogP contribution is 2.21. The van der Waals surface area contributed by atoms with Crippen LogP contribution in [0.2, 0.25) is 0 Å². The van der Waals surface area contributed by atoms with Crippen LogP contribution in [0.4, 0.5) is 0 Å². The summed E-state index contributed by atoms with van der Waals surface area (Å²) in [5.41, 5.74) is 2.74. The van der Waals surface area contributed by atoms with E-state index in [-0.39, 0.29) is 5.91 Å². The fraction of sp³-hybridized carbons (Fsp3) is 0.312. The van der Waals surface area contributed by atoms with E-state index >= 15 is 0 Å². The van der Waals surface area contributed by atoms with Gasteiger partial charge in [0.15, 0.2) is 0 Å². The lowest BCUT2D eigenvalue weighted by Gasteiger charge is -2.32. The zero-order chi connectivity index (χ0) is 13.9. The average Bonchev–Trinajstić information content (AvgIpc) is 3.01. The summed E-state index contributed by atoms with van der Waals surface area (Å²) in [6.07, 6.45) is 3.33. The van der Waals surface area contributed by atoms with Gasteiger partial charge in [0, 0.05) is 36.8 Å². The Labute approximate surface area is 118 Å². The van der Waals surface area contributed by atoms with Gasteiger partial charge < -0.3 is 14.6 Å². The van der Waals surface area contributed by atoms with Crippen molar-refractivity contribution in [3.05, 3.63) is 48.4 Å². The van der Waals surface area contributed by atoms with Gasteiger partial charge in [0.05, 0.1) is 12.5 Å². The van der Waals surface area contributed by atoms with E-state index in [0.717, 1.165) is 36.3 Å². The van der Waals surface area contributed by atoms with Crippen LogP contribution < -0.4 is 5.32 Å². The molecule has 0 bridgehead atoms. The number of hydrogen-bond donors (Lipinski definition) is 1. The Balaban J connectivity index is 1.83. The Morgan fingerprint density at radius 1 is 1.35 bits per heavy atom. The second-order valence-electron chi connectivity index (χ2n) is 5.20. The van der Waals surface area contributed by atoms with Crippen molar-refractivity contribution in [1.29, 1.82) is 0 Å². The minimum atomic E-state index is 0.101. The second kappa shape index (κ2) is 5.51. The van der Waals surface area contributed by atoms with Gasteiger partial charge >= 0.3 is 0 Å². The number of nitrogens with zero attached hydrogens (tertiary/aromatic N) is 1. The van der Waals surface area contributed by atoms with Crippen LogP contribution in [0.1, 0.15) is 17.3 Å². The van der Waals surface area contributed by atoms with Crippen molar-refractivity contribution in [2.24, 2.45) is 0 Å². The van der Waals surface area contributed by atoms with E-state index < -0.39 is 0 Å². The van der Waals surface area contributed by atoms with Crippen LogP contribution >= 0.6 is 0 Å². The number of carbonyl (C=O) groups is 1. The Bertz CT molecular complexity index is 592. The lowest BCUT2D eigenvalue weighted by molar-refractivity contribution is 0.0709. The van der Waals surface area contributed by atoms with E-state index in [2.05, 4.69) is 12.2 Å². The fourth-order valence-electron chi connectivity index (χ4n) is 2.56. The zero-order valence-corrected chi connectivity index (χ0v) is 11.5. The van der Waals surface area contributed by atoms with E-state index in [1.54, 1.807) is 12.5 Å². The number of hydrogen-bond acceptors (Lipinski definition) is 3. The molecule has 1 aromatic heterocycles. The van der Waals surface area contributed by atoms with Gasteiger partial charge in [-0.1, -0.05) is 12.1 Å². The predicted molar refractivity (Wildman–Crippen MR) is 77.5 cm³/mol. The monoisotopic (exact) mass is 270 g/mol. The standard InChI is InChI=1S/C16H18N2O2/c1-12-10-18(7-6-17-12)16(19)14-4-2-3-13(9-14)15-5-8-20-11-15/h2-5,8-9,11-12,17H,6-7,10H2,1H3/t12-/m1/s1. The zero-order valence-electron chi connectivity index (χ0n) is 11.5. The molecular formula is C16H18N2O2. The summed E-state index contributed by atoms with van der Waals surface area (Å²) in [7, 11) is 0. The van der Waals surface area contributed by atoms with Crippen LogP contribution in [-0.4, -0.2) is 36.5 Å². The number of rotatable bonds is 2. The molecule has 1 aromatic carbocycles. The Morgan fingerprint density at radius 2 is 2.25 bits per heavy atom. The fourth-order valence-corrected chi connectivity index (χ4v) is 2.56. The molecule has 3 rings (SSSR count). The molecule has 0 saturated carbocycles. The van der Waals surface area contributed by atoms with Gasteiger partial charge in [-0.15, -0.1) is 0 Å². The smallest absolute Gasteiger partial charge is 0.253 e. The van der Waals surface area contributed by atoms with E-state index in [0.29, 0.717) is 6.04 Å². The average molecular weight is 270 g/mol. The molecule has 0 unspecified atom stereocenters. The van der Waals surface area contributed by atoms with Crippen LogP contribution in [0.25, 0.3) is 11.1 Å². The molecule has 20 heavy (non-hydrogen) atoms. The number of amides is 1. The highest BCUT2D eigenvalue weighted by atomic mass is 16.3. The predicted octanol–water partition coefficient (Wildman–Crippen LogP) is 2.38. The number of furan rings is 1. The lowest BCUT2D eigenvalue weighted by Crippen LogP contribution is -2.51. The summed E-state index contributed by atoms with van der Waals surface area (Å²) in [6, 6.07) is 9.96. The molecule has 1 amide bonds. The summed E-state index contributed by atoms with van der Waals surface area (Å²) >= 11 is 0. The third kappa shape index (κ3) is 2.60. The molecule has 0 spiro atoms. The Morgan fingerprint density at radius 3 is 3.00 bits per heavy atom. The molecule has 1 aliphatic heterocycles. The summed E-state index contributed by atoms with van der Waals surface area (Å²) in [5.74, 6) is 0.101. The van der Waals surface area contributed by atoms with Gasteiger partial charge in [-0.3, -0.25) is 4.79 Å². The number of nitrogens with one attached hydrogen (secondary N) is 1. The van der Waals surface area contributed by atoms with Crippen molar-refractivity contribution in [2.75, 3.05) is 19.6 Å². The quantitative estimate of drug-likeness (QED) is 0.911. The first-order chi connectivity index (χ1) is 9.74. The van der Waals surface area contributed by atoms with E-state index in [9.17, 15) is 4.79 Å². The van der Waals surface area contributed by atoms with Crippen molar-refractivity contribution < 1.29 is 9.21 Å². The normalized spacial score (nSPS) is 19.1. The van der Waals surface area contributed by atoms with E-state index in [4.69, 9.17) is 4.42 Å². The van der Waals surface area contributed by atoms with Gasteiger partial charge in [0.1, 0.15) is 0 Å². The largest absolute Gasteiger partial charge is 0.472 e. The third-order valence-electron chi connectivity index (χ3n) is 3.62. The number of piperazine rings is 1. The van der Waals surface area contributed by atoms with Gasteiger partial charge in [-0.2, -0.15) is 0 Å². The van der Waals surface area contributed by atoms with Gasteiger partial charge in [0.25, 0.3) is 5.91 Å². The Kier molecular flexibility index (Phi) is 3.56. The maximum absolute atomic E-state index is 12.5. The van der Waals surface area contributed by atoms with Gasteiger partial charge in [0.2, 0.25) is 0 Å². The van der Waals surface area contributed by atoms with Crippen molar-refractivity contribution in [3.63, 3.8) is 0 Å². The number of carbonyl (C=O) groups excluding carboxylic acids is 1. The Hall–Kier alpha value is -2.07. The van der Waals surface area contributed by atoms with E-state index in [1.165, 1.54) is 0 Å². The molecule has 4 heteroatoms. The molecule has 1 aliphatic rings. The highest BCUT2D eigenvalue weighted by Gasteiger charge is 2.21. The van der Waals surface area contributed by atoms with Crippen molar-refractivity contribution in [3.8, 4) is 11.1 Å². The van der Waals surface area contributed by atoms with E-state index in [1.807, 2.05) is 35.2 Å². The summed E-state index contributed by atoms with van der Waals surface area (Å²) in [5, 5.41) is 3.35. The first-order valence-corrected chi connectivity index (χ1v) is 6.89. The van der Waals surface area contributed by atoms with Crippen molar-refractivity contribution in [1.82, 2.24) is 10.2 Å². The molecule has 2 aromatic rings. The van der Waals surface area contributed by atoms with Crippen LogP contribution in [-0.2, 0) is 0 Å². The molecule has 4 nitrogen and oxygen atoms in total. The molecule has 1 fully saturated rings. The molecule has 104 valence electrons. The molecular weight excluding hydrogens is 252 g/mol. The summed E-state index contributed by atoms with van der Waals surface area (Å²) < 4.78 is 5.10. The van der Waals surface area contributed by atoms with Gasteiger partial charge in [-0.05, 0) is 30.7 Å². The molecule has 1 atom stereocenters. The second-order valence-corrected chi connectivity index (χ2v) is 5.20. The minimum Gasteiger partial charge on any atom is -0.472 e. The van der Waals surface area contributed by atoms with Crippen LogP contribution in [0.5, 0.6) is 0 Å². The van der Waals surface area contributed by atoms with Crippen LogP contribution in [0.15, 0.2) is 47.3 Å². The maximum Gasteiger partial charge on any atom is 0.253 e. The first-order valence-electron chi connectivity index (χ1n) is 6.89. The first kappa shape index (κ1) is 12.9. The molecule has 1 N–H and O–H groups in total. The maximum atomic E-state index is 12.5. The van der Waals surface area contributed by atoms with Gasteiger partial charge in [-0.25, -0.2) is 0 Å². The molecule has 1 saturated heterocycles. The SMILES string of the molecule is C[C@@H]1CN(C(=O)c2cccc(-c3ccoc3)c2)CCN1. The van der Waals surface area contributed by atoms with Crippen molar-refractivity contribution in [2.45, 2.75) is 13.0 Å². The molecule has 2 heterocycles. The number of benzene rings is 1. The van der Waals surface area contributed by atoms with Crippen molar-refractivity contribution >= 4 is 5.91 Å². The van der Waals surface area contributed by atoms with Crippen LogP contribution in [0, 0.1) is 0 Å².